The maximum atomic E-state index is 13.2. The van der Waals surface area contributed by atoms with E-state index in [9.17, 15) is 18.0 Å². The van der Waals surface area contributed by atoms with Gasteiger partial charge in [-0.25, -0.2) is 14.8 Å². The molecule has 0 bridgehead atoms. The van der Waals surface area contributed by atoms with Crippen LogP contribution in [0.25, 0.3) is 22.2 Å². The highest BCUT2D eigenvalue weighted by molar-refractivity contribution is 6.33. The zero-order valence-corrected chi connectivity index (χ0v) is 19.9. The molecular formula is C22H24ClF3N6O3. The average Bonchev–Trinajstić information content (AvgIpc) is 3.21. The first-order valence-electron chi connectivity index (χ1n) is 10.7. The Bertz CT molecular complexity index is 1240. The van der Waals surface area contributed by atoms with Crippen molar-refractivity contribution in [1.29, 1.82) is 0 Å². The van der Waals surface area contributed by atoms with E-state index in [2.05, 4.69) is 54.2 Å². The predicted molar refractivity (Wildman–Crippen MR) is 126 cm³/mol. The van der Waals surface area contributed by atoms with Crippen molar-refractivity contribution >= 4 is 40.2 Å². The second-order valence-corrected chi connectivity index (χ2v) is 9.17. The van der Waals surface area contributed by atoms with Crippen LogP contribution in [-0.4, -0.2) is 52.6 Å². The minimum atomic E-state index is -5.00. The third-order valence-electron chi connectivity index (χ3n) is 5.73. The van der Waals surface area contributed by atoms with Gasteiger partial charge in [-0.05, 0) is 38.8 Å². The number of hydrogen-bond donors (Lipinski definition) is 4. The summed E-state index contributed by atoms with van der Waals surface area (Å²) in [6, 6.07) is 2.91. The molecule has 0 aliphatic carbocycles. The van der Waals surface area contributed by atoms with Gasteiger partial charge in [-0.1, -0.05) is 11.6 Å². The molecule has 3 heterocycles. The number of rotatable bonds is 5. The molecule has 3 aromatic rings. The maximum absolute atomic E-state index is 13.2. The van der Waals surface area contributed by atoms with Gasteiger partial charge in [0, 0.05) is 35.3 Å². The number of methoxy groups -OCH3 is 1. The van der Waals surface area contributed by atoms with Crippen LogP contribution in [0.1, 0.15) is 26.7 Å². The predicted octanol–water partition coefficient (Wildman–Crippen LogP) is 5.30. The van der Waals surface area contributed by atoms with Gasteiger partial charge < -0.3 is 25.1 Å². The summed E-state index contributed by atoms with van der Waals surface area (Å²) in [4.78, 5) is 23.2. The first kappa shape index (κ1) is 24.9. The molecular weight excluding hydrogens is 489 g/mol. The third kappa shape index (κ3) is 5.70. The van der Waals surface area contributed by atoms with Crippen LogP contribution in [0, 0.1) is 0 Å². The largest absolute Gasteiger partial charge is 0.573 e. The number of carbonyl (C=O) groups is 1. The Hall–Kier alpha value is -3.25. The van der Waals surface area contributed by atoms with Gasteiger partial charge in [0.2, 0.25) is 5.95 Å². The van der Waals surface area contributed by atoms with Crippen LogP contribution in [-0.2, 0) is 4.74 Å². The number of benzene rings is 1. The van der Waals surface area contributed by atoms with E-state index in [4.69, 9.17) is 11.6 Å². The van der Waals surface area contributed by atoms with E-state index in [1.165, 1.54) is 24.5 Å². The number of nitrogens with zero attached hydrogens (tertiary/aromatic N) is 2. The monoisotopic (exact) mass is 512 g/mol. The van der Waals surface area contributed by atoms with E-state index >= 15 is 0 Å². The van der Waals surface area contributed by atoms with Crippen LogP contribution in [0.15, 0.2) is 24.5 Å². The van der Waals surface area contributed by atoms with Gasteiger partial charge in [-0.2, -0.15) is 0 Å². The average molecular weight is 513 g/mol. The van der Waals surface area contributed by atoms with Crippen LogP contribution >= 0.6 is 11.6 Å². The Morgan fingerprint density at radius 2 is 2.09 bits per heavy atom. The summed E-state index contributed by atoms with van der Waals surface area (Å²) < 4.78 is 48.2. The minimum Gasteiger partial charge on any atom is -0.453 e. The normalized spacial score (nSPS) is 17.7. The number of nitrogens with one attached hydrogen (secondary N) is 4. The molecule has 13 heteroatoms. The molecule has 188 valence electrons. The zero-order chi connectivity index (χ0) is 25.4. The Balaban J connectivity index is 1.70. The number of hydrogen-bond acceptors (Lipinski definition) is 7. The number of amides is 1. The fourth-order valence-corrected chi connectivity index (χ4v) is 4.10. The smallest absolute Gasteiger partial charge is 0.453 e. The van der Waals surface area contributed by atoms with Crippen molar-refractivity contribution < 1.29 is 27.4 Å². The van der Waals surface area contributed by atoms with E-state index in [1.807, 2.05) is 0 Å². The number of anilines is 2. The topological polar surface area (TPSA) is 113 Å². The molecule has 0 saturated carbocycles. The SMILES string of the molecule is COC(=O)Nc1ccc2c(-c3nc(NC4CCC(C)(C)NC4)ncc3Cl)c[nH]c2c1OC(F)(F)F. The van der Waals surface area contributed by atoms with Crippen molar-refractivity contribution in [2.75, 3.05) is 24.3 Å². The summed E-state index contributed by atoms with van der Waals surface area (Å²) in [5.74, 6) is -0.271. The molecule has 1 fully saturated rings. The van der Waals surface area contributed by atoms with Crippen molar-refractivity contribution in [3.8, 4) is 17.0 Å². The number of H-pyrrole nitrogens is 1. The lowest BCUT2D eigenvalue weighted by Crippen LogP contribution is -2.50. The number of aromatic nitrogens is 3. The summed E-state index contributed by atoms with van der Waals surface area (Å²) in [5, 5.41) is 9.54. The number of piperidine rings is 1. The molecule has 1 saturated heterocycles. The van der Waals surface area contributed by atoms with Gasteiger partial charge in [0.15, 0.2) is 5.75 Å². The highest BCUT2D eigenvalue weighted by atomic mass is 35.5. The van der Waals surface area contributed by atoms with Gasteiger partial charge >= 0.3 is 12.5 Å². The standard InChI is InChI=1S/C22H24ClF3N6O3/c1-21(2)7-6-11(8-29-21)30-19-28-10-14(23)16(32-19)13-9-27-17-12(13)4-5-15(31-20(33)34-3)18(17)35-22(24,25)26/h4-5,9-11,27,29H,6-8H2,1-3H3,(H,31,33)(H,28,30,32). The second-order valence-electron chi connectivity index (χ2n) is 8.77. The molecule has 1 atom stereocenters. The molecule has 1 unspecified atom stereocenters. The lowest BCUT2D eigenvalue weighted by Gasteiger charge is -2.36. The molecule has 2 aromatic heterocycles. The Morgan fingerprint density at radius 3 is 2.74 bits per heavy atom. The number of alkyl halides is 3. The minimum absolute atomic E-state index is 0.00544. The third-order valence-corrected chi connectivity index (χ3v) is 6.00. The van der Waals surface area contributed by atoms with Crippen molar-refractivity contribution in [2.45, 2.75) is 44.6 Å². The molecule has 4 N–H and O–H groups in total. The summed E-state index contributed by atoms with van der Waals surface area (Å²) in [6.45, 7) is 5.01. The van der Waals surface area contributed by atoms with Gasteiger partial charge in [0.05, 0.1) is 35.2 Å². The molecule has 1 amide bonds. The Labute approximate surface area is 203 Å². The van der Waals surface area contributed by atoms with E-state index in [0.717, 1.165) is 26.5 Å². The number of ether oxygens (including phenoxy) is 2. The lowest BCUT2D eigenvalue weighted by atomic mass is 9.91. The zero-order valence-electron chi connectivity index (χ0n) is 19.1. The fourth-order valence-electron chi connectivity index (χ4n) is 3.91. The molecule has 0 radical (unpaired) electrons. The van der Waals surface area contributed by atoms with Crippen molar-refractivity contribution in [3.63, 3.8) is 0 Å². The molecule has 4 rings (SSSR count). The first-order valence-corrected chi connectivity index (χ1v) is 11.1. The Morgan fingerprint density at radius 1 is 1.31 bits per heavy atom. The van der Waals surface area contributed by atoms with Crippen molar-refractivity contribution in [3.05, 3.63) is 29.5 Å². The molecule has 0 spiro atoms. The summed E-state index contributed by atoms with van der Waals surface area (Å²) in [7, 11) is 1.10. The number of carbonyl (C=O) groups excluding carboxylic acids is 1. The molecule has 35 heavy (non-hydrogen) atoms. The highest BCUT2D eigenvalue weighted by Crippen LogP contribution is 2.41. The number of fused-ring (bicyclic) bond motifs is 1. The molecule has 9 nitrogen and oxygen atoms in total. The maximum Gasteiger partial charge on any atom is 0.573 e. The van der Waals surface area contributed by atoms with Gasteiger partial charge in [-0.15, -0.1) is 13.2 Å². The van der Waals surface area contributed by atoms with Crippen molar-refractivity contribution in [1.82, 2.24) is 20.3 Å². The summed E-state index contributed by atoms with van der Waals surface area (Å²) >= 11 is 6.37. The molecule has 1 aromatic carbocycles. The van der Waals surface area contributed by atoms with Crippen LogP contribution in [0.3, 0.4) is 0 Å². The fraction of sp³-hybridized carbons (Fsp3) is 0.409. The van der Waals surface area contributed by atoms with Gasteiger partial charge in [0.25, 0.3) is 0 Å². The van der Waals surface area contributed by atoms with E-state index < -0.39 is 18.2 Å². The Kier molecular flexibility index (Phi) is 6.69. The van der Waals surface area contributed by atoms with Gasteiger partial charge in [0.1, 0.15) is 0 Å². The summed E-state index contributed by atoms with van der Waals surface area (Å²) in [5.41, 5.74) is 0.598. The lowest BCUT2D eigenvalue weighted by molar-refractivity contribution is -0.273. The van der Waals surface area contributed by atoms with E-state index in [-0.39, 0.29) is 27.8 Å². The van der Waals surface area contributed by atoms with E-state index in [0.29, 0.717) is 22.6 Å². The van der Waals surface area contributed by atoms with Crippen LogP contribution in [0.5, 0.6) is 5.75 Å². The highest BCUT2D eigenvalue weighted by Gasteiger charge is 2.34. The van der Waals surface area contributed by atoms with Crippen LogP contribution in [0.2, 0.25) is 5.02 Å². The van der Waals surface area contributed by atoms with E-state index in [1.54, 1.807) is 0 Å². The van der Waals surface area contributed by atoms with Gasteiger partial charge in [-0.3, -0.25) is 5.32 Å². The molecule has 1 aliphatic heterocycles. The first-order chi connectivity index (χ1) is 16.5. The number of aromatic amines is 1. The molecule has 1 aliphatic rings. The summed E-state index contributed by atoms with van der Waals surface area (Å²) in [6.07, 6.45) is -1.15. The van der Waals surface area contributed by atoms with Crippen molar-refractivity contribution in [2.24, 2.45) is 0 Å². The van der Waals surface area contributed by atoms with Crippen LogP contribution in [0.4, 0.5) is 29.6 Å². The quantitative estimate of drug-likeness (QED) is 0.367. The second kappa shape index (κ2) is 9.42. The van der Waals surface area contributed by atoms with Crippen LogP contribution < -0.4 is 20.7 Å². The number of halogens is 4.